The summed E-state index contributed by atoms with van der Waals surface area (Å²) in [5.41, 5.74) is 4.87. The normalized spacial score (nSPS) is 16.6. The summed E-state index contributed by atoms with van der Waals surface area (Å²) >= 11 is 0. The standard InChI is InChI=1S/C32H23N5O/c1-35-29-10-3-2-7-23(29)21-36(35)24-8-6-9-25(18-24)38-26-13-14-27-28-17-22(20-33)12-15-30(28)37(31(27)19-26)32-11-4-5-16-34-32/h2-19,21,29H,1H3. The summed E-state index contributed by atoms with van der Waals surface area (Å²) in [5, 5.41) is 15.9. The number of fused-ring (bicyclic) bond motifs is 4. The second-order valence-corrected chi connectivity index (χ2v) is 9.38. The summed E-state index contributed by atoms with van der Waals surface area (Å²) in [7, 11) is 2.09. The lowest BCUT2D eigenvalue weighted by Gasteiger charge is -2.29. The first kappa shape index (κ1) is 22.1. The van der Waals surface area contributed by atoms with Crippen molar-refractivity contribution in [3.63, 3.8) is 0 Å². The van der Waals surface area contributed by atoms with Gasteiger partial charge >= 0.3 is 0 Å². The van der Waals surface area contributed by atoms with E-state index in [-0.39, 0.29) is 6.04 Å². The van der Waals surface area contributed by atoms with E-state index in [1.807, 2.05) is 60.7 Å². The molecular weight excluding hydrogens is 470 g/mol. The van der Waals surface area contributed by atoms with Gasteiger partial charge in [-0.2, -0.15) is 5.26 Å². The van der Waals surface area contributed by atoms with E-state index in [2.05, 4.69) is 81.4 Å². The number of hydrazine groups is 1. The van der Waals surface area contributed by atoms with Gasteiger partial charge in [0.1, 0.15) is 17.3 Å². The van der Waals surface area contributed by atoms with Crippen LogP contribution >= 0.6 is 0 Å². The van der Waals surface area contributed by atoms with Crippen molar-refractivity contribution in [3.8, 4) is 23.4 Å². The minimum atomic E-state index is 0.238. The third kappa shape index (κ3) is 3.57. The molecule has 1 aliphatic carbocycles. The summed E-state index contributed by atoms with van der Waals surface area (Å²) < 4.78 is 8.51. The van der Waals surface area contributed by atoms with Crippen LogP contribution in [0.15, 0.2) is 121 Å². The van der Waals surface area contributed by atoms with Gasteiger partial charge in [0.25, 0.3) is 0 Å². The zero-order chi connectivity index (χ0) is 25.6. The third-order valence-electron chi connectivity index (χ3n) is 7.11. The van der Waals surface area contributed by atoms with Gasteiger partial charge in [-0.15, -0.1) is 0 Å². The quantitative estimate of drug-likeness (QED) is 0.273. The Kier molecular flexibility index (Phi) is 5.10. The largest absolute Gasteiger partial charge is 0.457 e. The maximum atomic E-state index is 9.47. The molecule has 5 aromatic rings. The van der Waals surface area contributed by atoms with E-state index in [9.17, 15) is 5.26 Å². The fraction of sp³-hybridized carbons (Fsp3) is 0.0625. The van der Waals surface area contributed by atoms with Crippen molar-refractivity contribution < 1.29 is 4.74 Å². The Morgan fingerprint density at radius 3 is 2.63 bits per heavy atom. The summed E-state index contributed by atoms with van der Waals surface area (Å²) in [4.78, 5) is 4.60. The smallest absolute Gasteiger partial charge is 0.137 e. The molecule has 0 bridgehead atoms. The second kappa shape index (κ2) is 8.77. The average Bonchev–Trinajstić information content (AvgIpc) is 3.47. The number of allylic oxidation sites excluding steroid dienone is 2. The van der Waals surface area contributed by atoms with Gasteiger partial charge in [0.15, 0.2) is 0 Å². The van der Waals surface area contributed by atoms with Crippen molar-refractivity contribution in [1.29, 1.82) is 5.26 Å². The number of hydrogen-bond acceptors (Lipinski definition) is 5. The van der Waals surface area contributed by atoms with Gasteiger partial charge in [-0.25, -0.2) is 9.99 Å². The molecule has 6 heteroatoms. The number of ether oxygens (including phenoxy) is 1. The zero-order valence-corrected chi connectivity index (χ0v) is 20.7. The molecular formula is C32H23N5O. The molecule has 3 aromatic carbocycles. The fourth-order valence-electron chi connectivity index (χ4n) is 5.32. The van der Waals surface area contributed by atoms with Crippen LogP contribution < -0.4 is 9.75 Å². The van der Waals surface area contributed by atoms with Gasteiger partial charge in [0, 0.05) is 42.3 Å². The second-order valence-electron chi connectivity index (χ2n) is 9.38. The van der Waals surface area contributed by atoms with Crippen LogP contribution in [-0.2, 0) is 0 Å². The molecule has 1 unspecified atom stereocenters. The molecule has 182 valence electrons. The first-order chi connectivity index (χ1) is 18.7. The van der Waals surface area contributed by atoms with E-state index in [0.29, 0.717) is 5.56 Å². The van der Waals surface area contributed by atoms with Crippen LogP contribution in [0.2, 0.25) is 0 Å². The minimum absolute atomic E-state index is 0.238. The Labute approximate surface area is 220 Å². The first-order valence-corrected chi connectivity index (χ1v) is 12.5. The van der Waals surface area contributed by atoms with Crippen molar-refractivity contribution in [2.75, 3.05) is 12.1 Å². The summed E-state index contributed by atoms with van der Waals surface area (Å²) in [6, 6.07) is 28.3. The van der Waals surface area contributed by atoms with Crippen molar-refractivity contribution in [2.45, 2.75) is 6.04 Å². The van der Waals surface area contributed by atoms with Gasteiger partial charge < -0.3 is 4.74 Å². The Morgan fingerprint density at radius 2 is 1.79 bits per heavy atom. The molecule has 2 aromatic heterocycles. The molecule has 0 spiro atoms. The maximum Gasteiger partial charge on any atom is 0.137 e. The van der Waals surface area contributed by atoms with E-state index in [4.69, 9.17) is 4.74 Å². The topological polar surface area (TPSA) is 57.3 Å². The molecule has 0 N–H and O–H groups in total. The fourth-order valence-corrected chi connectivity index (χ4v) is 5.32. The van der Waals surface area contributed by atoms with Gasteiger partial charge in [0.2, 0.25) is 0 Å². The summed E-state index contributed by atoms with van der Waals surface area (Å²) in [5.74, 6) is 2.29. The number of pyridine rings is 1. The number of benzene rings is 3. The molecule has 1 atom stereocenters. The molecule has 0 amide bonds. The van der Waals surface area contributed by atoms with E-state index in [1.54, 1.807) is 6.20 Å². The maximum absolute atomic E-state index is 9.47. The molecule has 2 aliphatic rings. The molecule has 38 heavy (non-hydrogen) atoms. The highest BCUT2D eigenvalue weighted by Crippen LogP contribution is 2.37. The predicted octanol–water partition coefficient (Wildman–Crippen LogP) is 6.89. The lowest BCUT2D eigenvalue weighted by Crippen LogP contribution is -2.37. The Bertz CT molecular complexity index is 1840. The van der Waals surface area contributed by atoms with Crippen LogP contribution in [0.25, 0.3) is 27.6 Å². The van der Waals surface area contributed by atoms with Crippen molar-refractivity contribution in [2.24, 2.45) is 0 Å². The van der Waals surface area contributed by atoms with Crippen LogP contribution in [0.4, 0.5) is 5.69 Å². The molecule has 7 rings (SSSR count). The first-order valence-electron chi connectivity index (χ1n) is 12.5. The monoisotopic (exact) mass is 493 g/mol. The zero-order valence-electron chi connectivity index (χ0n) is 20.7. The predicted molar refractivity (Wildman–Crippen MR) is 150 cm³/mol. The SMILES string of the molecule is CN1C2C=CC=CC2=CN1c1cccc(Oc2ccc3c4cc(C#N)ccc4n(-c4ccccn4)c3c2)c1. The van der Waals surface area contributed by atoms with Crippen LogP contribution in [0.1, 0.15) is 5.56 Å². The summed E-state index contributed by atoms with van der Waals surface area (Å²) in [6.45, 7) is 0. The van der Waals surface area contributed by atoms with Crippen molar-refractivity contribution in [3.05, 3.63) is 127 Å². The van der Waals surface area contributed by atoms with Crippen LogP contribution in [0.3, 0.4) is 0 Å². The molecule has 0 saturated carbocycles. The van der Waals surface area contributed by atoms with Gasteiger partial charge in [-0.1, -0.05) is 36.4 Å². The molecule has 6 nitrogen and oxygen atoms in total. The van der Waals surface area contributed by atoms with E-state index >= 15 is 0 Å². The molecule has 3 heterocycles. The molecule has 0 saturated heterocycles. The van der Waals surface area contributed by atoms with Gasteiger partial charge in [-0.05, 0) is 60.2 Å². The van der Waals surface area contributed by atoms with E-state index in [1.165, 1.54) is 5.57 Å². The highest BCUT2D eigenvalue weighted by Gasteiger charge is 2.28. The lowest BCUT2D eigenvalue weighted by atomic mass is 10.0. The Morgan fingerprint density at radius 1 is 0.868 bits per heavy atom. The minimum Gasteiger partial charge on any atom is -0.457 e. The van der Waals surface area contributed by atoms with E-state index in [0.717, 1.165) is 44.8 Å². The van der Waals surface area contributed by atoms with Gasteiger partial charge in [-0.3, -0.25) is 9.58 Å². The number of hydrogen-bond donors (Lipinski definition) is 0. The molecule has 1 aliphatic heterocycles. The van der Waals surface area contributed by atoms with Crippen LogP contribution in [-0.4, -0.2) is 27.6 Å². The van der Waals surface area contributed by atoms with Gasteiger partial charge in [0.05, 0.1) is 34.4 Å². The number of aromatic nitrogens is 2. The van der Waals surface area contributed by atoms with E-state index < -0.39 is 0 Å². The Balaban J connectivity index is 1.29. The lowest BCUT2D eigenvalue weighted by molar-refractivity contribution is 0.339. The van der Waals surface area contributed by atoms with Crippen molar-refractivity contribution in [1.82, 2.24) is 14.6 Å². The average molecular weight is 494 g/mol. The van der Waals surface area contributed by atoms with Crippen LogP contribution in [0.5, 0.6) is 11.5 Å². The number of likely N-dealkylation sites (N-methyl/N-ethyl adjacent to an activating group) is 1. The number of nitrogens with zero attached hydrogens (tertiary/aromatic N) is 5. The van der Waals surface area contributed by atoms with Crippen molar-refractivity contribution >= 4 is 27.5 Å². The molecule has 0 radical (unpaired) electrons. The highest BCUT2D eigenvalue weighted by molar-refractivity contribution is 6.09. The number of anilines is 1. The third-order valence-corrected chi connectivity index (χ3v) is 7.11. The number of nitriles is 1. The summed E-state index contributed by atoms with van der Waals surface area (Å²) in [6.07, 6.45) is 12.5. The molecule has 0 fully saturated rings. The van der Waals surface area contributed by atoms with Crippen LogP contribution in [0, 0.1) is 11.3 Å². The highest BCUT2D eigenvalue weighted by atomic mass is 16.5. The number of rotatable bonds is 4. The Hall–Kier alpha value is -5.12.